The molecule has 0 heterocycles. The second-order valence-corrected chi connectivity index (χ2v) is 3.63. The van der Waals surface area contributed by atoms with E-state index in [2.05, 4.69) is 16.6 Å². The number of aryl methyl sites for hydroxylation is 1. The van der Waals surface area contributed by atoms with E-state index in [9.17, 15) is 9.90 Å². The van der Waals surface area contributed by atoms with Gasteiger partial charge in [0.2, 0.25) is 0 Å². The monoisotopic (exact) mass is 242 g/mol. The number of aliphatic carboxylic acids is 1. The van der Waals surface area contributed by atoms with Crippen molar-refractivity contribution in [2.24, 2.45) is 5.10 Å². The summed E-state index contributed by atoms with van der Waals surface area (Å²) < 4.78 is 0. The molecule has 0 aliphatic carbocycles. The van der Waals surface area contributed by atoms with Crippen LogP contribution in [0.25, 0.3) is 0 Å². The van der Waals surface area contributed by atoms with Gasteiger partial charge in [-0.15, -0.1) is 0 Å². The maximum atomic E-state index is 10.3. The summed E-state index contributed by atoms with van der Waals surface area (Å²) in [4.78, 5) is 10.3. The number of hydrazone groups is 1. The number of carbonyl (C=O) groups is 1. The molecule has 0 amide bonds. The van der Waals surface area contributed by atoms with Crippen molar-refractivity contribution in [2.45, 2.75) is 20.3 Å². The Morgan fingerprint density at radius 1 is 1.47 bits per heavy atom. The minimum Gasteiger partial charge on any atom is -0.543 e. The van der Waals surface area contributed by atoms with Crippen LogP contribution in [0.2, 0.25) is 0 Å². The van der Waals surface area contributed by atoms with Gasteiger partial charge in [-0.1, -0.05) is 29.8 Å². The molecule has 86 valence electrons. The van der Waals surface area contributed by atoms with Crippen LogP contribution in [-0.4, -0.2) is 18.2 Å². The Bertz CT molecular complexity index is 405. The Balaban J connectivity index is 0.00000256. The third-order valence-corrected chi connectivity index (χ3v) is 2.15. The van der Waals surface area contributed by atoms with Gasteiger partial charge in [0.1, 0.15) is 0 Å². The van der Waals surface area contributed by atoms with Crippen molar-refractivity contribution in [2.75, 3.05) is 6.54 Å². The van der Waals surface area contributed by atoms with Gasteiger partial charge in [0.25, 0.3) is 0 Å². The SMILES string of the molecule is C/C(=N\NCCc1cccc(C)c1)C(=O)[O-].[Na+]. The molecule has 0 saturated carbocycles. The molecule has 5 heteroatoms. The summed E-state index contributed by atoms with van der Waals surface area (Å²) in [5.41, 5.74) is 5.08. The van der Waals surface area contributed by atoms with Gasteiger partial charge in [-0.25, -0.2) is 0 Å². The van der Waals surface area contributed by atoms with Gasteiger partial charge >= 0.3 is 29.6 Å². The van der Waals surface area contributed by atoms with Crippen LogP contribution in [0.5, 0.6) is 0 Å². The Morgan fingerprint density at radius 3 is 2.76 bits per heavy atom. The molecule has 1 rings (SSSR count). The number of carboxylic acids is 1. The number of rotatable bonds is 5. The standard InChI is InChI=1S/C12H16N2O2.Na/c1-9-4-3-5-11(8-9)6-7-13-14-10(2)12(15)16;/h3-5,8,13H,6-7H2,1-2H3,(H,15,16);/q;+1/p-1/b14-10+;. The van der Waals surface area contributed by atoms with Crippen molar-refractivity contribution in [1.29, 1.82) is 0 Å². The van der Waals surface area contributed by atoms with Crippen LogP contribution >= 0.6 is 0 Å². The van der Waals surface area contributed by atoms with Crippen LogP contribution in [0.3, 0.4) is 0 Å². The zero-order chi connectivity index (χ0) is 12.0. The summed E-state index contributed by atoms with van der Waals surface area (Å²) in [5, 5.41) is 14.0. The van der Waals surface area contributed by atoms with E-state index in [1.54, 1.807) is 0 Å². The van der Waals surface area contributed by atoms with Crippen LogP contribution in [0.15, 0.2) is 29.4 Å². The van der Waals surface area contributed by atoms with Crippen molar-refractivity contribution < 1.29 is 39.5 Å². The minimum absolute atomic E-state index is 0. The second kappa shape index (κ2) is 8.28. The molecule has 0 fully saturated rings. The first-order valence-corrected chi connectivity index (χ1v) is 5.13. The normalized spacial score (nSPS) is 10.6. The van der Waals surface area contributed by atoms with Gasteiger partial charge in [-0.2, -0.15) is 5.10 Å². The fourth-order valence-corrected chi connectivity index (χ4v) is 1.29. The number of benzene rings is 1. The van der Waals surface area contributed by atoms with Crippen molar-refractivity contribution in [3.63, 3.8) is 0 Å². The van der Waals surface area contributed by atoms with Crippen molar-refractivity contribution >= 4 is 11.7 Å². The molecule has 0 bridgehead atoms. The molecular weight excluding hydrogens is 227 g/mol. The molecule has 0 saturated heterocycles. The molecule has 1 aromatic rings. The van der Waals surface area contributed by atoms with Crippen molar-refractivity contribution in [3.8, 4) is 0 Å². The first-order chi connectivity index (χ1) is 7.59. The molecule has 0 aliphatic rings. The van der Waals surface area contributed by atoms with Crippen LogP contribution in [0.1, 0.15) is 18.1 Å². The predicted molar refractivity (Wildman–Crippen MR) is 61.0 cm³/mol. The number of nitrogens with zero attached hydrogens (tertiary/aromatic N) is 1. The third-order valence-electron chi connectivity index (χ3n) is 2.15. The molecule has 0 aliphatic heterocycles. The topological polar surface area (TPSA) is 64.5 Å². The number of nitrogens with one attached hydrogen (secondary N) is 1. The van der Waals surface area contributed by atoms with E-state index in [0.29, 0.717) is 6.54 Å². The van der Waals surface area contributed by atoms with Gasteiger partial charge in [-0.3, -0.25) is 0 Å². The van der Waals surface area contributed by atoms with Gasteiger partial charge in [-0.05, 0) is 25.8 Å². The number of hydrogen-bond acceptors (Lipinski definition) is 4. The molecule has 1 aromatic carbocycles. The Kier molecular flexibility index (Phi) is 7.87. The summed E-state index contributed by atoms with van der Waals surface area (Å²) in [6, 6.07) is 8.16. The minimum atomic E-state index is -1.25. The second-order valence-electron chi connectivity index (χ2n) is 3.63. The van der Waals surface area contributed by atoms with Crippen molar-refractivity contribution in [3.05, 3.63) is 35.4 Å². The first kappa shape index (κ1) is 16.2. The summed E-state index contributed by atoms with van der Waals surface area (Å²) in [5.74, 6) is -1.25. The number of hydrogen-bond donors (Lipinski definition) is 1. The molecule has 4 nitrogen and oxygen atoms in total. The summed E-state index contributed by atoms with van der Waals surface area (Å²) in [6.45, 7) is 4.04. The molecule has 0 radical (unpaired) electrons. The average molecular weight is 242 g/mol. The summed E-state index contributed by atoms with van der Waals surface area (Å²) in [6.07, 6.45) is 0.811. The molecule has 0 spiro atoms. The Hall–Kier alpha value is -0.840. The largest absolute Gasteiger partial charge is 1.00 e. The van der Waals surface area contributed by atoms with Crippen molar-refractivity contribution in [1.82, 2.24) is 5.43 Å². The maximum Gasteiger partial charge on any atom is 1.00 e. The number of carbonyl (C=O) groups excluding carboxylic acids is 1. The predicted octanol–water partition coefficient (Wildman–Crippen LogP) is -2.74. The van der Waals surface area contributed by atoms with Gasteiger partial charge in [0.15, 0.2) is 0 Å². The quantitative estimate of drug-likeness (QED) is 0.264. The third kappa shape index (κ3) is 6.46. The molecule has 0 unspecified atom stereocenters. The molecule has 0 aromatic heterocycles. The van der Waals surface area contributed by atoms with E-state index in [-0.39, 0.29) is 35.3 Å². The van der Waals surface area contributed by atoms with Gasteiger partial charge in [0, 0.05) is 6.54 Å². The number of carboxylic acid groups (broad SMARTS) is 1. The van der Waals surface area contributed by atoms with E-state index in [4.69, 9.17) is 0 Å². The average Bonchev–Trinajstić information content (AvgIpc) is 2.24. The van der Waals surface area contributed by atoms with Gasteiger partial charge < -0.3 is 15.3 Å². The maximum absolute atomic E-state index is 10.3. The van der Waals surface area contributed by atoms with Crippen LogP contribution < -0.4 is 40.1 Å². The fraction of sp³-hybridized carbons (Fsp3) is 0.333. The molecular formula is C12H15N2NaO2. The van der Waals surface area contributed by atoms with Crippen LogP contribution in [0, 0.1) is 6.92 Å². The summed E-state index contributed by atoms with van der Waals surface area (Å²) in [7, 11) is 0. The Morgan fingerprint density at radius 2 is 2.18 bits per heavy atom. The smallest absolute Gasteiger partial charge is 0.543 e. The zero-order valence-corrected chi connectivity index (χ0v) is 12.5. The van der Waals surface area contributed by atoms with E-state index < -0.39 is 5.97 Å². The van der Waals surface area contributed by atoms with Crippen LogP contribution in [-0.2, 0) is 11.2 Å². The summed E-state index contributed by atoms with van der Waals surface area (Å²) >= 11 is 0. The van der Waals surface area contributed by atoms with Gasteiger partial charge in [0.05, 0.1) is 11.7 Å². The molecule has 1 N–H and O–H groups in total. The van der Waals surface area contributed by atoms with E-state index in [1.807, 2.05) is 25.1 Å². The zero-order valence-electron chi connectivity index (χ0n) is 10.5. The van der Waals surface area contributed by atoms with E-state index in [1.165, 1.54) is 18.1 Å². The van der Waals surface area contributed by atoms with E-state index >= 15 is 0 Å². The fourth-order valence-electron chi connectivity index (χ4n) is 1.29. The van der Waals surface area contributed by atoms with Crippen LogP contribution in [0.4, 0.5) is 0 Å². The van der Waals surface area contributed by atoms with E-state index in [0.717, 1.165) is 6.42 Å². The molecule has 17 heavy (non-hydrogen) atoms. The molecule has 0 atom stereocenters. The Labute approximate surface area is 123 Å². The first-order valence-electron chi connectivity index (χ1n) is 5.13.